The molecule has 33 heavy (non-hydrogen) atoms. The summed E-state index contributed by atoms with van der Waals surface area (Å²) >= 11 is 0. The number of carbonyl (C=O) groups is 1. The molecule has 0 spiro atoms. The molecule has 0 atom stereocenters. The Morgan fingerprint density at radius 1 is 1.03 bits per heavy atom. The van der Waals surface area contributed by atoms with E-state index < -0.39 is 0 Å². The van der Waals surface area contributed by atoms with Gasteiger partial charge in [-0.25, -0.2) is 4.98 Å². The molecule has 1 aromatic heterocycles. The van der Waals surface area contributed by atoms with Crippen molar-refractivity contribution >= 4 is 28.6 Å². The van der Waals surface area contributed by atoms with Gasteiger partial charge in [-0.05, 0) is 61.9 Å². The number of aromatic nitrogens is 2. The third-order valence-corrected chi connectivity index (χ3v) is 6.37. The van der Waals surface area contributed by atoms with Crippen LogP contribution >= 0.6 is 0 Å². The second-order valence-corrected chi connectivity index (χ2v) is 8.92. The average molecular weight is 448 g/mol. The fraction of sp³-hybridized carbons (Fsp3) is 0.400. The maximum Gasteiger partial charge on any atom is 0.251 e. The molecular formula is C25H29N5O3. The second-order valence-electron chi connectivity index (χ2n) is 8.92. The maximum absolute atomic E-state index is 12.5. The van der Waals surface area contributed by atoms with Crippen LogP contribution in [0.1, 0.15) is 36.0 Å². The van der Waals surface area contributed by atoms with Crippen LogP contribution in [-0.4, -0.2) is 49.4 Å². The van der Waals surface area contributed by atoms with Crippen LogP contribution in [0, 0.1) is 5.92 Å². The molecule has 8 heteroatoms. The van der Waals surface area contributed by atoms with Gasteiger partial charge in [0.1, 0.15) is 5.82 Å². The van der Waals surface area contributed by atoms with Gasteiger partial charge in [0.05, 0.1) is 5.52 Å². The molecule has 0 bridgehead atoms. The summed E-state index contributed by atoms with van der Waals surface area (Å²) < 4.78 is 10.7. The number of hydrogen-bond acceptors (Lipinski definition) is 7. The zero-order chi connectivity index (χ0) is 22.8. The molecule has 1 fully saturated rings. The topological polar surface area (TPSA) is 88.6 Å². The highest BCUT2D eigenvalue weighted by Gasteiger charge is 2.23. The van der Waals surface area contributed by atoms with E-state index in [4.69, 9.17) is 19.4 Å². The summed E-state index contributed by atoms with van der Waals surface area (Å²) in [6.07, 6.45) is 4.15. The van der Waals surface area contributed by atoms with Crippen LogP contribution in [0.2, 0.25) is 0 Å². The Bertz CT molecular complexity index is 1160. The van der Waals surface area contributed by atoms with Gasteiger partial charge in [0.25, 0.3) is 5.91 Å². The summed E-state index contributed by atoms with van der Waals surface area (Å²) in [4.78, 5) is 24.1. The molecule has 1 aliphatic carbocycles. The lowest BCUT2D eigenvalue weighted by Crippen LogP contribution is -2.34. The molecule has 2 aliphatic rings. The smallest absolute Gasteiger partial charge is 0.251 e. The van der Waals surface area contributed by atoms with Crippen molar-refractivity contribution in [3.05, 3.63) is 48.0 Å². The Hall–Kier alpha value is -3.55. The van der Waals surface area contributed by atoms with Crippen molar-refractivity contribution in [2.45, 2.75) is 31.7 Å². The van der Waals surface area contributed by atoms with E-state index in [9.17, 15) is 4.79 Å². The zero-order valence-electron chi connectivity index (χ0n) is 19.0. The van der Waals surface area contributed by atoms with Gasteiger partial charge in [0, 0.05) is 37.6 Å². The minimum Gasteiger partial charge on any atom is -0.454 e. The molecular weight excluding hydrogens is 418 g/mol. The van der Waals surface area contributed by atoms with Gasteiger partial charge in [-0.3, -0.25) is 4.79 Å². The summed E-state index contributed by atoms with van der Waals surface area (Å²) in [5, 5.41) is 7.67. The average Bonchev–Trinajstić information content (AvgIpc) is 3.31. The first-order valence-corrected chi connectivity index (χ1v) is 11.5. The minimum absolute atomic E-state index is 0.0747. The predicted octanol–water partition coefficient (Wildman–Crippen LogP) is 3.83. The molecule has 1 aliphatic heterocycles. The number of amides is 1. The molecule has 5 rings (SSSR count). The molecule has 172 valence electrons. The lowest BCUT2D eigenvalue weighted by Gasteiger charge is -2.29. The van der Waals surface area contributed by atoms with Crippen LogP contribution in [-0.2, 0) is 0 Å². The molecule has 1 amide bonds. The number of para-hydroxylation sites is 1. The number of carbonyl (C=O) groups excluding carboxylic acids is 1. The summed E-state index contributed by atoms with van der Waals surface area (Å²) in [5.41, 5.74) is 1.54. The fourth-order valence-electron chi connectivity index (χ4n) is 4.54. The van der Waals surface area contributed by atoms with E-state index in [0.29, 0.717) is 41.5 Å². The Kier molecular flexibility index (Phi) is 5.90. The lowest BCUT2D eigenvalue weighted by molar-refractivity contribution is 0.0943. The van der Waals surface area contributed by atoms with E-state index >= 15 is 0 Å². The highest BCUT2D eigenvalue weighted by atomic mass is 16.7. The van der Waals surface area contributed by atoms with E-state index in [1.807, 2.05) is 37.2 Å². The predicted molar refractivity (Wildman–Crippen MR) is 128 cm³/mol. The van der Waals surface area contributed by atoms with Crippen molar-refractivity contribution in [3.63, 3.8) is 0 Å². The summed E-state index contributed by atoms with van der Waals surface area (Å²) in [6.45, 7) is 0.885. The van der Waals surface area contributed by atoms with E-state index in [-0.39, 0.29) is 12.7 Å². The fourth-order valence-corrected chi connectivity index (χ4v) is 4.54. The number of rotatable bonds is 6. The number of anilines is 2. The van der Waals surface area contributed by atoms with Gasteiger partial charge in [0.15, 0.2) is 11.5 Å². The van der Waals surface area contributed by atoms with Gasteiger partial charge in [-0.1, -0.05) is 12.1 Å². The van der Waals surface area contributed by atoms with Crippen molar-refractivity contribution in [1.82, 2.24) is 15.3 Å². The third-order valence-electron chi connectivity index (χ3n) is 6.37. The quantitative estimate of drug-likeness (QED) is 0.594. The number of nitrogens with zero attached hydrogens (tertiary/aromatic N) is 3. The van der Waals surface area contributed by atoms with Crippen LogP contribution in [0.3, 0.4) is 0 Å². The highest BCUT2D eigenvalue weighted by molar-refractivity contribution is 5.95. The van der Waals surface area contributed by atoms with E-state index in [2.05, 4.69) is 16.7 Å². The van der Waals surface area contributed by atoms with Crippen LogP contribution in [0.4, 0.5) is 11.8 Å². The molecule has 0 unspecified atom stereocenters. The molecule has 8 nitrogen and oxygen atoms in total. The van der Waals surface area contributed by atoms with E-state index in [1.54, 1.807) is 18.2 Å². The van der Waals surface area contributed by atoms with Gasteiger partial charge >= 0.3 is 0 Å². The van der Waals surface area contributed by atoms with Gasteiger partial charge in [0.2, 0.25) is 12.7 Å². The summed E-state index contributed by atoms with van der Waals surface area (Å²) in [7, 11) is 4.00. The van der Waals surface area contributed by atoms with Gasteiger partial charge < -0.3 is 25.0 Å². The van der Waals surface area contributed by atoms with Crippen LogP contribution in [0.15, 0.2) is 42.5 Å². The van der Waals surface area contributed by atoms with Gasteiger partial charge in [-0.2, -0.15) is 4.98 Å². The molecule has 2 aromatic carbocycles. The Labute approximate surface area is 193 Å². The van der Waals surface area contributed by atoms with Crippen LogP contribution in [0.5, 0.6) is 11.5 Å². The molecule has 2 heterocycles. The number of benzene rings is 2. The molecule has 0 radical (unpaired) electrons. The van der Waals surface area contributed by atoms with E-state index in [0.717, 1.165) is 42.4 Å². The van der Waals surface area contributed by atoms with Crippen molar-refractivity contribution in [2.75, 3.05) is 37.6 Å². The summed E-state index contributed by atoms with van der Waals surface area (Å²) in [5.74, 6) is 3.30. The molecule has 2 N–H and O–H groups in total. The largest absolute Gasteiger partial charge is 0.454 e. The minimum atomic E-state index is -0.0747. The van der Waals surface area contributed by atoms with Gasteiger partial charge in [-0.15, -0.1) is 0 Å². The highest BCUT2D eigenvalue weighted by Crippen LogP contribution is 2.32. The molecule has 0 saturated heterocycles. The lowest BCUT2D eigenvalue weighted by atomic mass is 9.86. The summed E-state index contributed by atoms with van der Waals surface area (Å²) in [6, 6.07) is 13.7. The number of ether oxygens (including phenoxy) is 2. The first kappa shape index (κ1) is 21.3. The maximum atomic E-state index is 12.5. The third kappa shape index (κ3) is 4.65. The Balaban J connectivity index is 1.14. The van der Waals surface area contributed by atoms with E-state index in [1.165, 1.54) is 0 Å². The van der Waals surface area contributed by atoms with Crippen molar-refractivity contribution in [2.24, 2.45) is 5.92 Å². The number of nitrogens with one attached hydrogen (secondary N) is 2. The van der Waals surface area contributed by atoms with Crippen molar-refractivity contribution in [3.8, 4) is 11.5 Å². The molecule has 1 saturated carbocycles. The number of hydrogen-bond donors (Lipinski definition) is 2. The van der Waals surface area contributed by atoms with Crippen molar-refractivity contribution < 1.29 is 14.3 Å². The second kappa shape index (κ2) is 9.13. The number of fused-ring (bicyclic) bond motifs is 2. The Morgan fingerprint density at radius 2 is 1.82 bits per heavy atom. The molecule has 3 aromatic rings. The zero-order valence-corrected chi connectivity index (χ0v) is 19.0. The monoisotopic (exact) mass is 447 g/mol. The standard InChI is InChI=1S/C25H29N5O3/c1-30(2)23-19-5-3-4-6-20(19)28-25(29-23)27-18-10-7-16(8-11-18)14-26-24(31)17-9-12-21-22(13-17)33-15-32-21/h3-6,9,12-13,16,18H,7-8,10-11,14-15H2,1-2H3,(H,26,31)(H,27,28,29)/t16-,18+. The SMILES string of the molecule is CN(C)c1nc(N[C@H]2CC[C@@H](CNC(=O)c3ccc4c(c3)OCO4)CC2)nc2ccccc12. The van der Waals surface area contributed by atoms with Crippen molar-refractivity contribution in [1.29, 1.82) is 0 Å². The normalized spacial score (nSPS) is 19.3. The van der Waals surface area contributed by atoms with Crippen LogP contribution < -0.4 is 25.0 Å². The first-order chi connectivity index (χ1) is 16.1. The Morgan fingerprint density at radius 3 is 2.64 bits per heavy atom. The van der Waals surface area contributed by atoms with Crippen LogP contribution in [0.25, 0.3) is 10.9 Å². The first-order valence-electron chi connectivity index (χ1n) is 11.5.